The Hall–Kier alpha value is -6.89. The third-order valence-corrected chi connectivity index (χ3v) is 12.7. The first kappa shape index (κ1) is 63.2. The maximum absolute atomic E-state index is 14.3. The molecule has 15 N–H and O–H groups in total. The van der Waals surface area contributed by atoms with E-state index in [-0.39, 0.29) is 62.7 Å². The fraction of sp³-hybridized carbons (Fsp3) is 0.653. The second kappa shape index (κ2) is 30.3. The number of aliphatic hydroxyl groups excluding tert-OH is 1. The third-order valence-electron chi connectivity index (χ3n) is 12.7. The fourth-order valence-electron chi connectivity index (χ4n) is 8.10. The van der Waals surface area contributed by atoms with E-state index in [1.165, 1.54) is 24.3 Å². The summed E-state index contributed by atoms with van der Waals surface area (Å²) in [7, 11) is 0. The minimum Gasteiger partial charge on any atom is -0.508 e. The molecule has 0 unspecified atom stereocenters. The molecule has 0 radical (unpaired) electrons. The van der Waals surface area contributed by atoms with Crippen LogP contribution in [0, 0.1) is 23.7 Å². The zero-order valence-electron chi connectivity index (χ0n) is 43.5. The molecular formula is C49H78N10O15. The number of benzene rings is 1. The Morgan fingerprint density at radius 2 is 1.09 bits per heavy atom. The predicted molar refractivity (Wildman–Crippen MR) is 267 cm³/mol. The first-order valence-corrected chi connectivity index (χ1v) is 24.9. The lowest BCUT2D eigenvalue weighted by atomic mass is 9.94. The lowest BCUT2D eigenvalue weighted by Crippen LogP contribution is -2.62. The average molecular weight is 1050 g/mol. The molecule has 414 valence electrons. The van der Waals surface area contributed by atoms with Crippen LogP contribution in [-0.4, -0.2) is 158 Å². The highest BCUT2D eigenvalue weighted by molar-refractivity contribution is 5.99. The van der Waals surface area contributed by atoms with Crippen molar-refractivity contribution < 1.29 is 73.2 Å². The van der Waals surface area contributed by atoms with E-state index in [4.69, 9.17) is 11.5 Å². The highest BCUT2D eigenvalue weighted by Crippen LogP contribution is 2.22. The number of amides is 9. The van der Waals surface area contributed by atoms with Gasteiger partial charge in [0.1, 0.15) is 60.1 Å². The number of phenolic OH excluding ortho intramolecular Hbond substituents is 1. The molecule has 0 saturated carbocycles. The van der Waals surface area contributed by atoms with E-state index < -0.39 is 151 Å². The number of nitrogens with one attached hydrogen (secondary N) is 7. The number of carbonyl (C=O) groups is 11. The number of nitrogens with two attached hydrogens (primary N) is 2. The minimum atomic E-state index is -1.77. The quantitative estimate of drug-likeness (QED) is 0.0393. The Morgan fingerprint density at radius 1 is 0.622 bits per heavy atom. The normalized spacial score (nSPS) is 17.4. The summed E-state index contributed by atoms with van der Waals surface area (Å²) in [6, 6.07) is -7.04. The number of carboxylic acid groups (broad SMARTS) is 2. The standard InChI is InChI=1S/C49H78N10O15/c1-9-26(7)39(58-47(71)40(27(8)10-2)57-44(68)32(52-41(65)30(50)23-60)20-28-13-15-29(61)16-14-28)46(70)55-34(22-38(63)64)48(72)59-17-11-12-36(59)45(69)54-31(18-24(3)4)42(66)53-33(21-37(51)62)43(67)56-35(49(73)74)19-25(5)6/h13-16,24-27,30-36,39-40,60-61H,9-12,17-23,50H2,1-8H3,(H2,51,62)(H,52,65)(H,53,66)(H,54,69)(H,55,70)(H,56,67)(H,57,68)(H,58,71)(H,63,64)(H,73,74)/t26-,27-,30-,31-,32-,33-,34-,35-,36-,39-,40-/m0/s1. The summed E-state index contributed by atoms with van der Waals surface area (Å²) in [6.45, 7) is 12.9. The molecular weight excluding hydrogens is 969 g/mol. The molecule has 1 heterocycles. The van der Waals surface area contributed by atoms with Crippen LogP contribution in [0.4, 0.5) is 0 Å². The van der Waals surface area contributed by atoms with Crippen LogP contribution in [-0.2, 0) is 59.2 Å². The number of carbonyl (C=O) groups excluding carboxylic acids is 9. The Labute approximate surface area is 430 Å². The van der Waals surface area contributed by atoms with Gasteiger partial charge in [-0.15, -0.1) is 0 Å². The van der Waals surface area contributed by atoms with Gasteiger partial charge in [-0.3, -0.25) is 47.9 Å². The topological polar surface area (TPSA) is 408 Å². The molecule has 0 spiro atoms. The summed E-state index contributed by atoms with van der Waals surface area (Å²) in [5.74, 6) is -12.7. The van der Waals surface area contributed by atoms with Crippen molar-refractivity contribution >= 4 is 65.1 Å². The number of aromatic hydroxyl groups is 1. The van der Waals surface area contributed by atoms with Crippen molar-refractivity contribution in [3.05, 3.63) is 29.8 Å². The van der Waals surface area contributed by atoms with Gasteiger partial charge in [-0.2, -0.15) is 0 Å². The van der Waals surface area contributed by atoms with Crippen LogP contribution in [0.15, 0.2) is 24.3 Å². The number of carboxylic acids is 2. The zero-order valence-corrected chi connectivity index (χ0v) is 43.5. The number of primary amides is 1. The van der Waals surface area contributed by atoms with Crippen LogP contribution in [0.5, 0.6) is 5.75 Å². The van der Waals surface area contributed by atoms with E-state index in [2.05, 4.69) is 37.2 Å². The molecule has 25 heteroatoms. The molecule has 0 bridgehead atoms. The number of rotatable bonds is 31. The molecule has 1 saturated heterocycles. The monoisotopic (exact) mass is 1050 g/mol. The Morgan fingerprint density at radius 3 is 1.59 bits per heavy atom. The molecule has 1 aliphatic rings. The summed E-state index contributed by atoms with van der Waals surface area (Å²) in [4.78, 5) is 148. The lowest BCUT2D eigenvalue weighted by molar-refractivity contribution is -0.146. The molecule has 25 nitrogen and oxygen atoms in total. The Kier molecular flexibility index (Phi) is 25.9. The minimum absolute atomic E-state index is 0.00741. The smallest absolute Gasteiger partial charge is 0.326 e. The van der Waals surface area contributed by atoms with Gasteiger partial charge in [0, 0.05) is 13.0 Å². The van der Waals surface area contributed by atoms with Crippen LogP contribution in [0.2, 0.25) is 0 Å². The number of aliphatic carboxylic acids is 2. The summed E-state index contributed by atoms with van der Waals surface area (Å²) in [5, 5.41) is 56.4. The van der Waals surface area contributed by atoms with E-state index in [0.717, 1.165) is 4.90 Å². The molecule has 1 fully saturated rings. The number of hydrogen-bond donors (Lipinski definition) is 13. The third kappa shape index (κ3) is 20.2. The first-order valence-electron chi connectivity index (χ1n) is 24.9. The summed E-state index contributed by atoms with van der Waals surface area (Å²) >= 11 is 0. The summed E-state index contributed by atoms with van der Waals surface area (Å²) < 4.78 is 0. The fourth-order valence-corrected chi connectivity index (χ4v) is 8.10. The van der Waals surface area contributed by atoms with Crippen molar-refractivity contribution in [2.24, 2.45) is 35.1 Å². The Balaban J connectivity index is 2.40. The molecule has 1 aromatic rings. The van der Waals surface area contributed by atoms with Gasteiger partial charge < -0.3 is 74.0 Å². The van der Waals surface area contributed by atoms with Crippen molar-refractivity contribution in [2.75, 3.05) is 13.2 Å². The lowest BCUT2D eigenvalue weighted by Gasteiger charge is -2.32. The van der Waals surface area contributed by atoms with Gasteiger partial charge >= 0.3 is 11.9 Å². The molecule has 0 aromatic heterocycles. The molecule has 2 rings (SSSR count). The van der Waals surface area contributed by atoms with Crippen LogP contribution in [0.3, 0.4) is 0 Å². The number of nitrogens with zero attached hydrogens (tertiary/aromatic N) is 1. The van der Waals surface area contributed by atoms with Crippen LogP contribution in [0.1, 0.15) is 112 Å². The van der Waals surface area contributed by atoms with E-state index in [0.29, 0.717) is 12.0 Å². The molecule has 74 heavy (non-hydrogen) atoms. The second-order valence-corrected chi connectivity index (χ2v) is 19.8. The van der Waals surface area contributed by atoms with E-state index in [1.54, 1.807) is 55.4 Å². The molecule has 9 amide bonds. The van der Waals surface area contributed by atoms with Gasteiger partial charge in [-0.05, 0) is 67.1 Å². The van der Waals surface area contributed by atoms with Crippen molar-refractivity contribution in [3.63, 3.8) is 0 Å². The predicted octanol–water partition coefficient (Wildman–Crippen LogP) is -1.74. The van der Waals surface area contributed by atoms with Gasteiger partial charge in [0.15, 0.2) is 0 Å². The summed E-state index contributed by atoms with van der Waals surface area (Å²) in [6.07, 6.45) is -0.811. The highest BCUT2D eigenvalue weighted by atomic mass is 16.4. The van der Waals surface area contributed by atoms with Crippen molar-refractivity contribution in [2.45, 2.75) is 168 Å². The van der Waals surface area contributed by atoms with E-state index >= 15 is 0 Å². The number of likely N-dealkylation sites (tertiary alicyclic amines) is 1. The summed E-state index contributed by atoms with van der Waals surface area (Å²) in [5.41, 5.74) is 11.6. The van der Waals surface area contributed by atoms with Crippen LogP contribution in [0.25, 0.3) is 0 Å². The molecule has 1 aliphatic heterocycles. The highest BCUT2D eigenvalue weighted by Gasteiger charge is 2.42. The number of hydrogen-bond acceptors (Lipinski definition) is 14. The van der Waals surface area contributed by atoms with Crippen LogP contribution >= 0.6 is 0 Å². The van der Waals surface area contributed by atoms with Crippen molar-refractivity contribution in [1.82, 2.24) is 42.1 Å². The van der Waals surface area contributed by atoms with E-state index in [9.17, 15) is 73.2 Å². The molecule has 1 aromatic carbocycles. The van der Waals surface area contributed by atoms with Crippen molar-refractivity contribution in [3.8, 4) is 5.75 Å². The van der Waals surface area contributed by atoms with Gasteiger partial charge in [0.2, 0.25) is 53.2 Å². The van der Waals surface area contributed by atoms with E-state index in [1.807, 2.05) is 0 Å². The van der Waals surface area contributed by atoms with Crippen molar-refractivity contribution in [1.29, 1.82) is 0 Å². The maximum Gasteiger partial charge on any atom is 0.326 e. The number of phenols is 1. The SMILES string of the molecule is CC[C@H](C)[C@H](NC(=O)[C@H](Cc1ccc(O)cc1)NC(=O)[C@@H](N)CO)C(=O)N[C@H](C(=O)N[C@@H](CC(=O)O)C(=O)N1CCC[C@H]1C(=O)N[C@@H](CC(C)C)C(=O)N[C@@H](CC(N)=O)C(=O)N[C@@H](CC(C)C)C(=O)O)[C@@H](C)CC. The maximum atomic E-state index is 14.3. The average Bonchev–Trinajstić information content (AvgIpc) is 3.83. The van der Waals surface area contributed by atoms with Crippen LogP contribution < -0.4 is 48.7 Å². The molecule has 0 aliphatic carbocycles. The Bertz CT molecular complexity index is 2140. The largest absolute Gasteiger partial charge is 0.508 e. The zero-order chi connectivity index (χ0) is 56.1. The first-order chi connectivity index (χ1) is 34.6. The number of aliphatic hydroxyl groups is 1. The van der Waals surface area contributed by atoms with Gasteiger partial charge in [-0.25, -0.2) is 4.79 Å². The second-order valence-electron chi connectivity index (χ2n) is 19.8. The van der Waals surface area contributed by atoms with Gasteiger partial charge in [0.25, 0.3) is 0 Å². The molecule has 11 atom stereocenters. The van der Waals surface area contributed by atoms with Gasteiger partial charge in [-0.1, -0.05) is 80.4 Å². The van der Waals surface area contributed by atoms with Gasteiger partial charge in [0.05, 0.1) is 19.4 Å².